The van der Waals surface area contributed by atoms with Crippen molar-refractivity contribution < 1.29 is 9.84 Å². The van der Waals surface area contributed by atoms with Gasteiger partial charge in [-0.05, 0) is 49.9 Å². The highest BCUT2D eigenvalue weighted by Gasteiger charge is 2.19. The summed E-state index contributed by atoms with van der Waals surface area (Å²) in [6, 6.07) is 10.1. The summed E-state index contributed by atoms with van der Waals surface area (Å²) in [6.45, 7) is 8.15. The van der Waals surface area contributed by atoms with E-state index in [2.05, 4.69) is 13.0 Å². The van der Waals surface area contributed by atoms with E-state index >= 15 is 0 Å². The SMILES string of the molecule is COc1c(C(O)c2ccc(C)cc2C)ccc(C)c1C. The van der Waals surface area contributed by atoms with Gasteiger partial charge in [-0.3, -0.25) is 0 Å². The third-order valence-corrected chi connectivity index (χ3v) is 3.93. The fraction of sp³-hybridized carbons (Fsp3) is 0.333. The summed E-state index contributed by atoms with van der Waals surface area (Å²) in [4.78, 5) is 0. The summed E-state index contributed by atoms with van der Waals surface area (Å²) < 4.78 is 5.50. The number of hydrogen-bond acceptors (Lipinski definition) is 2. The smallest absolute Gasteiger partial charge is 0.128 e. The number of aliphatic hydroxyl groups is 1. The Hall–Kier alpha value is -1.80. The second-order valence-electron chi connectivity index (χ2n) is 5.39. The lowest BCUT2D eigenvalue weighted by Gasteiger charge is -2.20. The Bertz CT molecular complexity index is 630. The molecule has 2 aromatic carbocycles. The zero-order valence-electron chi connectivity index (χ0n) is 12.8. The fourth-order valence-corrected chi connectivity index (χ4v) is 2.60. The molecule has 0 bridgehead atoms. The van der Waals surface area contributed by atoms with Crippen molar-refractivity contribution in [3.05, 3.63) is 63.7 Å². The molecule has 106 valence electrons. The maximum absolute atomic E-state index is 10.7. The molecule has 1 unspecified atom stereocenters. The maximum atomic E-state index is 10.7. The van der Waals surface area contributed by atoms with Crippen LogP contribution in [0.5, 0.6) is 5.75 Å². The first-order valence-electron chi connectivity index (χ1n) is 6.85. The quantitative estimate of drug-likeness (QED) is 0.913. The first-order valence-corrected chi connectivity index (χ1v) is 6.85. The molecule has 0 saturated heterocycles. The standard InChI is InChI=1S/C18H22O2/c1-11-6-8-15(13(3)10-11)17(19)16-9-7-12(2)14(4)18(16)20-5/h6-10,17,19H,1-5H3. The summed E-state index contributed by atoms with van der Waals surface area (Å²) in [5.41, 5.74) is 6.29. The Balaban J connectivity index is 2.53. The van der Waals surface area contributed by atoms with Gasteiger partial charge < -0.3 is 9.84 Å². The molecule has 0 aliphatic carbocycles. The van der Waals surface area contributed by atoms with Gasteiger partial charge in [-0.15, -0.1) is 0 Å². The van der Waals surface area contributed by atoms with E-state index in [9.17, 15) is 5.11 Å². The number of ether oxygens (including phenoxy) is 1. The van der Waals surface area contributed by atoms with Gasteiger partial charge in [0.25, 0.3) is 0 Å². The van der Waals surface area contributed by atoms with E-state index in [0.717, 1.165) is 28.0 Å². The van der Waals surface area contributed by atoms with Crippen molar-refractivity contribution in [2.24, 2.45) is 0 Å². The zero-order valence-corrected chi connectivity index (χ0v) is 12.8. The van der Waals surface area contributed by atoms with Gasteiger partial charge in [-0.2, -0.15) is 0 Å². The summed E-state index contributed by atoms with van der Waals surface area (Å²) in [5.74, 6) is 0.775. The van der Waals surface area contributed by atoms with Gasteiger partial charge in [0.05, 0.1) is 7.11 Å². The minimum Gasteiger partial charge on any atom is -0.496 e. The number of rotatable bonds is 3. The van der Waals surface area contributed by atoms with Gasteiger partial charge in [-0.25, -0.2) is 0 Å². The minimum absolute atomic E-state index is 0.662. The van der Waals surface area contributed by atoms with E-state index in [1.54, 1.807) is 7.11 Å². The van der Waals surface area contributed by atoms with E-state index < -0.39 is 6.10 Å². The normalized spacial score (nSPS) is 12.3. The highest BCUT2D eigenvalue weighted by Crippen LogP contribution is 2.35. The molecule has 2 nitrogen and oxygen atoms in total. The van der Waals surface area contributed by atoms with Crippen molar-refractivity contribution in [3.63, 3.8) is 0 Å². The second kappa shape index (κ2) is 5.68. The fourth-order valence-electron chi connectivity index (χ4n) is 2.60. The maximum Gasteiger partial charge on any atom is 0.128 e. The van der Waals surface area contributed by atoms with E-state index in [-0.39, 0.29) is 0 Å². The van der Waals surface area contributed by atoms with Crippen LogP contribution in [-0.2, 0) is 0 Å². The predicted molar refractivity (Wildman–Crippen MR) is 82.4 cm³/mol. The molecule has 0 amide bonds. The van der Waals surface area contributed by atoms with Crippen LogP contribution in [0, 0.1) is 27.7 Å². The third kappa shape index (κ3) is 2.56. The average molecular weight is 270 g/mol. The average Bonchev–Trinajstić information content (AvgIpc) is 2.41. The lowest BCUT2D eigenvalue weighted by Crippen LogP contribution is -2.06. The highest BCUT2D eigenvalue weighted by atomic mass is 16.5. The van der Waals surface area contributed by atoms with Crippen LogP contribution in [-0.4, -0.2) is 12.2 Å². The number of methoxy groups -OCH3 is 1. The highest BCUT2D eigenvalue weighted by molar-refractivity contribution is 5.50. The summed E-state index contributed by atoms with van der Waals surface area (Å²) in [7, 11) is 1.65. The van der Waals surface area contributed by atoms with E-state index in [0.29, 0.717) is 0 Å². The Kier molecular flexibility index (Phi) is 4.15. The van der Waals surface area contributed by atoms with Crippen molar-refractivity contribution in [2.75, 3.05) is 7.11 Å². The lowest BCUT2D eigenvalue weighted by molar-refractivity contribution is 0.213. The van der Waals surface area contributed by atoms with Gasteiger partial charge >= 0.3 is 0 Å². The topological polar surface area (TPSA) is 29.5 Å². The monoisotopic (exact) mass is 270 g/mol. The Labute approximate surface area is 121 Å². The molecule has 20 heavy (non-hydrogen) atoms. The molecular formula is C18H22O2. The molecular weight excluding hydrogens is 248 g/mol. The second-order valence-corrected chi connectivity index (χ2v) is 5.39. The molecule has 0 aliphatic heterocycles. The van der Waals surface area contributed by atoms with Crippen LogP contribution >= 0.6 is 0 Å². The molecule has 0 spiro atoms. The molecule has 1 N–H and O–H groups in total. The molecule has 0 saturated carbocycles. The largest absolute Gasteiger partial charge is 0.496 e. The van der Waals surface area contributed by atoms with Crippen molar-refractivity contribution in [2.45, 2.75) is 33.8 Å². The molecule has 0 radical (unpaired) electrons. The minimum atomic E-state index is -0.662. The summed E-state index contributed by atoms with van der Waals surface area (Å²) in [6.07, 6.45) is -0.662. The van der Waals surface area contributed by atoms with E-state index in [1.807, 2.05) is 45.0 Å². The Morgan fingerprint density at radius 1 is 0.900 bits per heavy atom. The van der Waals surface area contributed by atoms with E-state index in [1.165, 1.54) is 11.1 Å². The van der Waals surface area contributed by atoms with Gasteiger partial charge in [0.1, 0.15) is 11.9 Å². The van der Waals surface area contributed by atoms with Crippen molar-refractivity contribution >= 4 is 0 Å². The van der Waals surface area contributed by atoms with Crippen LogP contribution in [0.15, 0.2) is 30.3 Å². The lowest BCUT2D eigenvalue weighted by atomic mass is 9.93. The van der Waals surface area contributed by atoms with Crippen LogP contribution in [0.2, 0.25) is 0 Å². The number of benzene rings is 2. The summed E-state index contributed by atoms with van der Waals surface area (Å²) in [5, 5.41) is 10.7. The number of aryl methyl sites for hydroxylation is 3. The number of hydrogen-bond donors (Lipinski definition) is 1. The predicted octanol–water partition coefficient (Wildman–Crippen LogP) is 4.01. The van der Waals surface area contributed by atoms with Crippen molar-refractivity contribution in [3.8, 4) is 5.75 Å². The molecule has 2 heteroatoms. The van der Waals surface area contributed by atoms with Gasteiger partial charge in [-0.1, -0.05) is 35.9 Å². The zero-order chi connectivity index (χ0) is 14.9. The Morgan fingerprint density at radius 3 is 2.15 bits per heavy atom. The van der Waals surface area contributed by atoms with Crippen LogP contribution < -0.4 is 4.74 Å². The molecule has 0 aromatic heterocycles. The van der Waals surface area contributed by atoms with Gasteiger partial charge in [0.15, 0.2) is 0 Å². The Morgan fingerprint density at radius 2 is 1.55 bits per heavy atom. The third-order valence-electron chi connectivity index (χ3n) is 3.93. The molecule has 1 atom stereocenters. The van der Waals surface area contributed by atoms with E-state index in [4.69, 9.17) is 4.74 Å². The van der Waals surface area contributed by atoms with Crippen molar-refractivity contribution in [1.29, 1.82) is 0 Å². The molecule has 0 fully saturated rings. The van der Waals surface area contributed by atoms with Gasteiger partial charge in [0.2, 0.25) is 0 Å². The number of aliphatic hydroxyl groups excluding tert-OH is 1. The first kappa shape index (κ1) is 14.6. The molecule has 2 aromatic rings. The summed E-state index contributed by atoms with van der Waals surface area (Å²) >= 11 is 0. The van der Waals surface area contributed by atoms with Crippen LogP contribution in [0.3, 0.4) is 0 Å². The molecule has 2 rings (SSSR count). The van der Waals surface area contributed by atoms with Crippen LogP contribution in [0.25, 0.3) is 0 Å². The first-order chi connectivity index (χ1) is 9.45. The molecule has 0 aliphatic rings. The van der Waals surface area contributed by atoms with Gasteiger partial charge in [0, 0.05) is 5.56 Å². The van der Waals surface area contributed by atoms with Crippen molar-refractivity contribution in [1.82, 2.24) is 0 Å². The molecule has 0 heterocycles. The van der Waals surface area contributed by atoms with Crippen LogP contribution in [0.4, 0.5) is 0 Å². The van der Waals surface area contributed by atoms with Crippen LogP contribution in [0.1, 0.15) is 39.5 Å².